The molecule has 3 atom stereocenters. The number of aromatic nitrogens is 1. The zero-order valence-corrected chi connectivity index (χ0v) is 35.7. The van der Waals surface area contributed by atoms with Crippen LogP contribution in [0, 0.1) is 0 Å². The van der Waals surface area contributed by atoms with Crippen LogP contribution in [0.15, 0.2) is 120 Å². The second-order valence-corrected chi connectivity index (χ2v) is 20.5. The molecular weight excluding hydrogens is 882 g/mol. The predicted octanol–water partition coefficient (Wildman–Crippen LogP) is 4.60. The SMILES string of the molecule is CC(C)(C)OC(=O)NC(N)(C(=O)NC1C(=O)N2C(C(=O)O)=C(C[PH](c3ccccc3)(c3ccccc3)c3ccccc3)CS[C@@H]12)c1ccc2nc(N)sc2c1.I. The van der Waals surface area contributed by atoms with Gasteiger partial charge in [0, 0.05) is 0 Å². The standard InChI is InChI=1S/C40H41N6O6PS2.HI/c1-39(2,3)52-38(51)45-40(42,25-19-20-29-30(21-25)55-37(41)43-29)36(50)44-31-33(47)46-32(35(48)49)24(23-54-34(31)46)22-53(26-13-7-4-8-14-26,27-15-9-5-10-16-27)28-17-11-6-12-18-28;/h4-21,31,34,53H,22-23,42H2,1-3H3,(H2,41,43)(H,44,50)(H,45,51)(H,48,49);1H/t31?,34-,40?;/m0./s1. The number of aliphatic carboxylic acids is 1. The van der Waals surface area contributed by atoms with E-state index in [1.807, 2.05) is 54.6 Å². The molecule has 0 spiro atoms. The topological polar surface area (TPSA) is 190 Å². The first-order chi connectivity index (χ1) is 26.2. The van der Waals surface area contributed by atoms with Crippen LogP contribution >= 0.6 is 54.3 Å². The van der Waals surface area contributed by atoms with Gasteiger partial charge in [0.25, 0.3) is 0 Å². The van der Waals surface area contributed by atoms with Crippen molar-refractivity contribution in [2.24, 2.45) is 5.73 Å². The van der Waals surface area contributed by atoms with Crippen molar-refractivity contribution in [2.75, 3.05) is 17.6 Å². The number of thioether (sulfide) groups is 1. The summed E-state index contributed by atoms with van der Waals surface area (Å²) < 4.78 is 6.08. The zero-order chi connectivity index (χ0) is 39.1. The van der Waals surface area contributed by atoms with E-state index in [1.165, 1.54) is 28.0 Å². The number of anilines is 1. The average Bonchev–Trinajstić information content (AvgIpc) is 3.55. The fourth-order valence-corrected chi connectivity index (χ4v) is 14.4. The number of nitrogen functional groups attached to an aromatic ring is 1. The monoisotopic (exact) mass is 924 g/mol. The largest absolute Gasteiger partial charge is 0.107 e. The number of hydrogen-bond donors (Lipinski definition) is 5. The molecule has 16 heteroatoms. The van der Waals surface area contributed by atoms with Crippen molar-refractivity contribution >= 4 is 109 Å². The van der Waals surface area contributed by atoms with Gasteiger partial charge >= 0.3 is 269 Å². The van der Waals surface area contributed by atoms with Gasteiger partial charge in [0.1, 0.15) is 5.60 Å². The van der Waals surface area contributed by atoms with Crippen molar-refractivity contribution in [2.45, 2.75) is 43.5 Å². The summed E-state index contributed by atoms with van der Waals surface area (Å²) in [6, 6.07) is 34.1. The number of carbonyl (C=O) groups is 4. The van der Waals surface area contributed by atoms with E-state index in [-0.39, 0.29) is 35.2 Å². The molecule has 7 rings (SSSR count). The van der Waals surface area contributed by atoms with Crippen molar-refractivity contribution in [1.29, 1.82) is 0 Å². The van der Waals surface area contributed by atoms with Crippen molar-refractivity contribution < 1.29 is 29.0 Å². The molecule has 2 unspecified atom stereocenters. The quantitative estimate of drug-likeness (QED) is 0.0574. The molecule has 0 bridgehead atoms. The van der Waals surface area contributed by atoms with Gasteiger partial charge < -0.3 is 5.73 Å². The second-order valence-electron chi connectivity index (χ2n) is 14.5. The van der Waals surface area contributed by atoms with Gasteiger partial charge in [-0.05, 0) is 20.8 Å². The number of nitrogens with zero attached hydrogens (tertiary/aromatic N) is 2. The summed E-state index contributed by atoms with van der Waals surface area (Å²) in [7, 11) is -2.93. The first kappa shape index (κ1) is 41.1. The third-order valence-corrected chi connectivity index (χ3v) is 16.8. The number of nitrogens with one attached hydrogen (secondary N) is 2. The van der Waals surface area contributed by atoms with E-state index in [2.05, 4.69) is 52.0 Å². The zero-order valence-electron chi connectivity index (χ0n) is 30.7. The molecular formula is C40H42IN6O6PS2. The van der Waals surface area contributed by atoms with Crippen LogP contribution in [0.25, 0.3) is 10.2 Å². The van der Waals surface area contributed by atoms with Gasteiger partial charge in [-0.3, -0.25) is 0 Å². The van der Waals surface area contributed by atoms with Gasteiger partial charge in [0.2, 0.25) is 0 Å². The molecule has 3 amide bonds. The number of hydrogen-bond acceptors (Lipinski definition) is 10. The fourth-order valence-electron chi connectivity index (χ4n) is 7.28. The Morgan fingerprint density at radius 1 is 0.929 bits per heavy atom. The Labute approximate surface area is 349 Å². The molecule has 7 N–H and O–H groups in total. The van der Waals surface area contributed by atoms with E-state index in [0.717, 1.165) is 15.9 Å². The molecule has 5 aromatic rings. The molecule has 2 aliphatic heterocycles. The van der Waals surface area contributed by atoms with Crippen LogP contribution in [0.3, 0.4) is 0 Å². The number of ether oxygens (including phenoxy) is 1. The van der Waals surface area contributed by atoms with E-state index in [0.29, 0.717) is 32.8 Å². The molecule has 3 heterocycles. The van der Waals surface area contributed by atoms with Gasteiger partial charge in [-0.25, -0.2) is 4.98 Å². The summed E-state index contributed by atoms with van der Waals surface area (Å²) in [6.45, 7) is 5.02. The number of carboxylic acid groups (broad SMARTS) is 1. The molecule has 2 aliphatic rings. The van der Waals surface area contributed by atoms with Crippen molar-refractivity contribution in [3.8, 4) is 0 Å². The number of benzene rings is 4. The Balaban J connectivity index is 0.00000532. The van der Waals surface area contributed by atoms with Gasteiger partial charge in [-0.1, -0.05) is 11.3 Å². The van der Waals surface area contributed by atoms with Crippen LogP contribution in [0.4, 0.5) is 9.93 Å². The number of nitrogens with two attached hydrogens (primary N) is 2. The average molecular weight is 925 g/mol. The number of carboxylic acids is 1. The molecule has 0 aliphatic carbocycles. The Hall–Kier alpha value is -4.54. The third kappa shape index (κ3) is 7.75. The summed E-state index contributed by atoms with van der Waals surface area (Å²) in [4.78, 5) is 60.1. The second kappa shape index (κ2) is 16.1. The number of thiazole rings is 1. The van der Waals surface area contributed by atoms with Gasteiger partial charge in [0.15, 0.2) is 5.13 Å². The Kier molecular flexibility index (Phi) is 11.8. The van der Waals surface area contributed by atoms with Crippen molar-refractivity contribution in [3.05, 3.63) is 126 Å². The number of rotatable bonds is 10. The normalized spacial score (nSPS) is 18.1. The molecule has 292 valence electrons. The minimum atomic E-state index is -2.93. The number of β-lactam (4-membered cyclic amide) rings is 1. The number of carbonyl (C=O) groups excluding carboxylic acids is 3. The smallest absolute Gasteiger partial charge is 0.107 e. The molecule has 1 saturated heterocycles. The van der Waals surface area contributed by atoms with Crippen LogP contribution < -0.4 is 38.0 Å². The third-order valence-electron chi connectivity index (χ3n) is 9.73. The number of amides is 3. The van der Waals surface area contributed by atoms with Crippen LogP contribution in [0.5, 0.6) is 0 Å². The van der Waals surface area contributed by atoms with Gasteiger partial charge in [-0.2, -0.15) is 0 Å². The summed E-state index contributed by atoms with van der Waals surface area (Å²) in [5.41, 5.74) is 10.9. The van der Waals surface area contributed by atoms with Crippen LogP contribution in [-0.4, -0.2) is 67.8 Å². The van der Waals surface area contributed by atoms with E-state index < -0.39 is 53.8 Å². The molecule has 0 saturated carbocycles. The Morgan fingerprint density at radius 2 is 1.48 bits per heavy atom. The summed E-state index contributed by atoms with van der Waals surface area (Å²) in [6.07, 6.45) is -0.546. The fraction of sp³-hybridized carbons (Fsp3) is 0.225. The van der Waals surface area contributed by atoms with Crippen LogP contribution in [-0.2, 0) is 24.8 Å². The predicted molar refractivity (Wildman–Crippen MR) is 236 cm³/mol. The van der Waals surface area contributed by atoms with Gasteiger partial charge in [-0.15, -0.1) is 24.0 Å². The van der Waals surface area contributed by atoms with Crippen LogP contribution in [0.1, 0.15) is 26.3 Å². The Bertz CT molecular complexity index is 2230. The first-order valence-corrected chi connectivity index (χ1v) is 21.6. The molecule has 0 radical (unpaired) electrons. The van der Waals surface area contributed by atoms with Gasteiger partial charge in [0.05, 0.1) is 5.52 Å². The first-order valence-electron chi connectivity index (χ1n) is 17.6. The summed E-state index contributed by atoms with van der Waals surface area (Å²) in [5.74, 6) is -2.41. The van der Waals surface area contributed by atoms with Crippen molar-refractivity contribution in [3.63, 3.8) is 0 Å². The maximum Gasteiger partial charge on any atom is -0.107 e. The maximum atomic E-state index is 14.2. The van der Waals surface area contributed by atoms with E-state index in [4.69, 9.17) is 16.2 Å². The molecule has 12 nitrogen and oxygen atoms in total. The summed E-state index contributed by atoms with van der Waals surface area (Å²) in [5, 5.41) is 18.9. The summed E-state index contributed by atoms with van der Waals surface area (Å²) >= 11 is 2.56. The number of halogens is 1. The molecule has 1 fully saturated rings. The van der Waals surface area contributed by atoms with E-state index in [1.54, 1.807) is 39.0 Å². The minimum Gasteiger partial charge on any atom is -0.107 e. The number of fused-ring (bicyclic) bond motifs is 2. The molecule has 1 aromatic heterocycles. The van der Waals surface area contributed by atoms with E-state index in [9.17, 15) is 24.3 Å². The maximum absolute atomic E-state index is 14.2. The minimum absolute atomic E-state index is 0. The van der Waals surface area contributed by atoms with E-state index >= 15 is 0 Å². The molecule has 4 aromatic carbocycles. The Morgan fingerprint density at radius 3 is 2.00 bits per heavy atom. The van der Waals surface area contributed by atoms with Crippen molar-refractivity contribution in [1.82, 2.24) is 20.5 Å². The number of alkyl carbamates (subject to hydrolysis) is 1. The van der Waals surface area contributed by atoms with Crippen LogP contribution in [0.2, 0.25) is 0 Å². The molecule has 56 heavy (non-hydrogen) atoms.